The predicted octanol–water partition coefficient (Wildman–Crippen LogP) is -0.0637. The second-order valence-corrected chi connectivity index (χ2v) is 7.06. The van der Waals surface area contributed by atoms with Gasteiger partial charge in [0.1, 0.15) is 0 Å². The number of nitrogens with one attached hydrogen (secondary N) is 1. The maximum atomic E-state index is 11.9. The van der Waals surface area contributed by atoms with Crippen molar-refractivity contribution < 1.29 is 17.9 Å². The molecule has 0 atom stereocenters. The van der Waals surface area contributed by atoms with Crippen LogP contribution in [0, 0.1) is 0 Å². The molecule has 0 radical (unpaired) electrons. The Morgan fingerprint density at radius 3 is 2.65 bits per heavy atom. The van der Waals surface area contributed by atoms with E-state index < -0.39 is 10.0 Å². The average molecular weight is 345 g/mol. The highest BCUT2D eigenvalue weighted by Crippen LogP contribution is 2.13. The van der Waals surface area contributed by atoms with Crippen LogP contribution in [0.1, 0.15) is 25.6 Å². The summed E-state index contributed by atoms with van der Waals surface area (Å²) in [5, 5.41) is 0. The van der Waals surface area contributed by atoms with Gasteiger partial charge in [0.2, 0.25) is 16.0 Å². The summed E-state index contributed by atoms with van der Waals surface area (Å²) in [6.45, 7) is 4.52. The minimum absolute atomic E-state index is 0.0161. The smallest absolute Gasteiger partial charge is 0.321 e. The number of rotatable bonds is 8. The first kappa shape index (κ1) is 17.8. The number of aromatic nitrogens is 3. The number of anilines is 1. The van der Waals surface area contributed by atoms with Crippen molar-refractivity contribution in [1.29, 1.82) is 0 Å². The lowest BCUT2D eigenvalue weighted by Gasteiger charge is -2.26. The van der Waals surface area contributed by atoms with Crippen LogP contribution in [0.15, 0.2) is 0 Å². The second kappa shape index (κ2) is 8.37. The van der Waals surface area contributed by atoms with Crippen molar-refractivity contribution in [2.24, 2.45) is 0 Å². The summed E-state index contributed by atoms with van der Waals surface area (Å²) in [5.74, 6) is 0.906. The van der Waals surface area contributed by atoms with Gasteiger partial charge in [0.05, 0.1) is 32.6 Å². The molecule has 1 aromatic rings. The predicted molar refractivity (Wildman–Crippen MR) is 84.9 cm³/mol. The monoisotopic (exact) mass is 345 g/mol. The van der Waals surface area contributed by atoms with Crippen LogP contribution in [-0.4, -0.2) is 62.5 Å². The third-order valence-electron chi connectivity index (χ3n) is 3.34. The number of sulfonamides is 1. The lowest BCUT2D eigenvalue weighted by atomic mass is 10.4. The molecule has 0 spiro atoms. The Hall–Kier alpha value is -1.52. The molecule has 0 aromatic carbocycles. The van der Waals surface area contributed by atoms with Crippen molar-refractivity contribution >= 4 is 16.0 Å². The van der Waals surface area contributed by atoms with Crippen LogP contribution in [-0.2, 0) is 21.3 Å². The van der Waals surface area contributed by atoms with E-state index in [1.165, 1.54) is 7.11 Å². The van der Waals surface area contributed by atoms with Gasteiger partial charge in [-0.25, -0.2) is 13.1 Å². The van der Waals surface area contributed by atoms with E-state index in [1.54, 1.807) is 0 Å². The molecule has 1 aliphatic rings. The lowest BCUT2D eigenvalue weighted by molar-refractivity contribution is 0.122. The summed E-state index contributed by atoms with van der Waals surface area (Å²) < 4.78 is 36.6. The number of methoxy groups -OCH3 is 1. The van der Waals surface area contributed by atoms with E-state index in [-0.39, 0.29) is 18.3 Å². The van der Waals surface area contributed by atoms with Crippen LogP contribution in [0.3, 0.4) is 0 Å². The van der Waals surface area contributed by atoms with Gasteiger partial charge in [-0.2, -0.15) is 15.0 Å². The number of morpholine rings is 1. The highest BCUT2D eigenvalue weighted by Gasteiger charge is 2.18. The Morgan fingerprint density at radius 2 is 2.00 bits per heavy atom. The molecule has 1 aliphatic heterocycles. The Morgan fingerprint density at radius 1 is 1.26 bits per heavy atom. The molecule has 0 aliphatic carbocycles. The van der Waals surface area contributed by atoms with Gasteiger partial charge in [0, 0.05) is 13.1 Å². The fraction of sp³-hybridized carbons (Fsp3) is 0.769. The molecule has 2 heterocycles. The van der Waals surface area contributed by atoms with E-state index in [1.807, 2.05) is 11.8 Å². The summed E-state index contributed by atoms with van der Waals surface area (Å²) in [6, 6.07) is 0.171. The second-order valence-electron chi connectivity index (χ2n) is 5.13. The molecule has 10 heteroatoms. The quantitative estimate of drug-likeness (QED) is 0.698. The van der Waals surface area contributed by atoms with Crippen LogP contribution in [0.25, 0.3) is 0 Å². The summed E-state index contributed by atoms with van der Waals surface area (Å²) in [4.78, 5) is 14.6. The van der Waals surface area contributed by atoms with E-state index in [9.17, 15) is 8.42 Å². The molecule has 0 saturated carbocycles. The molecule has 1 aromatic heterocycles. The Bertz CT molecular complexity index is 604. The average Bonchev–Trinajstić information content (AvgIpc) is 2.59. The standard InChI is InChI=1S/C13H23N5O4S/c1-3-4-9-23(19,20)14-10-11-15-12(17-13(16-11)21-2)18-5-7-22-8-6-18/h14H,3-10H2,1-2H3. The minimum Gasteiger partial charge on any atom is -0.467 e. The Kier molecular flexibility index (Phi) is 6.48. The summed E-state index contributed by atoms with van der Waals surface area (Å²) >= 11 is 0. The zero-order chi connectivity index (χ0) is 16.7. The van der Waals surface area contributed by atoms with Gasteiger partial charge < -0.3 is 14.4 Å². The normalized spacial score (nSPS) is 15.7. The Balaban J connectivity index is 2.08. The molecule has 1 saturated heterocycles. The molecular weight excluding hydrogens is 322 g/mol. The van der Waals surface area contributed by atoms with Gasteiger partial charge in [-0.1, -0.05) is 13.3 Å². The first-order valence-electron chi connectivity index (χ1n) is 7.63. The molecule has 1 N–H and O–H groups in total. The number of ether oxygens (including phenoxy) is 2. The molecule has 0 amide bonds. The Labute approximate surface area is 136 Å². The topological polar surface area (TPSA) is 107 Å². The van der Waals surface area contributed by atoms with E-state index in [2.05, 4.69) is 19.7 Å². The summed E-state index contributed by atoms with van der Waals surface area (Å²) in [7, 11) is -1.86. The van der Waals surface area contributed by atoms with E-state index in [0.717, 1.165) is 6.42 Å². The van der Waals surface area contributed by atoms with Crippen LogP contribution < -0.4 is 14.4 Å². The van der Waals surface area contributed by atoms with Crippen molar-refractivity contribution in [3.05, 3.63) is 5.82 Å². The molecule has 1 fully saturated rings. The van der Waals surface area contributed by atoms with Crippen LogP contribution in [0.2, 0.25) is 0 Å². The van der Waals surface area contributed by atoms with Crippen LogP contribution in [0.4, 0.5) is 5.95 Å². The third-order valence-corrected chi connectivity index (χ3v) is 4.75. The molecule has 0 unspecified atom stereocenters. The summed E-state index contributed by atoms with van der Waals surface area (Å²) in [5.41, 5.74) is 0. The fourth-order valence-corrected chi connectivity index (χ4v) is 3.20. The van der Waals surface area contributed by atoms with Gasteiger partial charge in [-0.05, 0) is 6.42 Å². The molecule has 9 nitrogen and oxygen atoms in total. The number of unbranched alkanes of at least 4 members (excludes halogenated alkanes) is 1. The highest BCUT2D eigenvalue weighted by molar-refractivity contribution is 7.89. The maximum Gasteiger partial charge on any atom is 0.321 e. The third kappa shape index (κ3) is 5.56. The van der Waals surface area contributed by atoms with Crippen molar-refractivity contribution in [2.75, 3.05) is 44.1 Å². The van der Waals surface area contributed by atoms with E-state index in [0.29, 0.717) is 44.5 Å². The van der Waals surface area contributed by atoms with Gasteiger partial charge in [0.25, 0.3) is 0 Å². The lowest BCUT2D eigenvalue weighted by Crippen LogP contribution is -2.38. The first-order valence-corrected chi connectivity index (χ1v) is 9.28. The van der Waals surface area contributed by atoms with Crippen LogP contribution >= 0.6 is 0 Å². The molecule has 130 valence electrons. The number of hydrogen-bond acceptors (Lipinski definition) is 8. The molecule has 23 heavy (non-hydrogen) atoms. The van der Waals surface area contributed by atoms with E-state index in [4.69, 9.17) is 9.47 Å². The first-order chi connectivity index (χ1) is 11.0. The maximum absolute atomic E-state index is 11.9. The number of nitrogens with zero attached hydrogens (tertiary/aromatic N) is 4. The van der Waals surface area contributed by atoms with Crippen molar-refractivity contribution in [3.63, 3.8) is 0 Å². The summed E-state index contributed by atoms with van der Waals surface area (Å²) in [6.07, 6.45) is 1.44. The largest absolute Gasteiger partial charge is 0.467 e. The van der Waals surface area contributed by atoms with Crippen molar-refractivity contribution in [3.8, 4) is 6.01 Å². The zero-order valence-electron chi connectivity index (χ0n) is 13.5. The molecule has 0 bridgehead atoms. The number of hydrogen-bond donors (Lipinski definition) is 1. The van der Waals surface area contributed by atoms with Crippen molar-refractivity contribution in [1.82, 2.24) is 19.7 Å². The SMILES string of the molecule is CCCCS(=O)(=O)NCc1nc(OC)nc(N2CCOCC2)n1. The van der Waals surface area contributed by atoms with Gasteiger partial charge in [0.15, 0.2) is 5.82 Å². The van der Waals surface area contributed by atoms with E-state index >= 15 is 0 Å². The van der Waals surface area contributed by atoms with Gasteiger partial charge in [-0.15, -0.1) is 0 Å². The minimum atomic E-state index is -3.32. The highest BCUT2D eigenvalue weighted by atomic mass is 32.2. The van der Waals surface area contributed by atoms with Gasteiger partial charge >= 0.3 is 6.01 Å². The zero-order valence-corrected chi connectivity index (χ0v) is 14.3. The molecular formula is C13H23N5O4S. The van der Waals surface area contributed by atoms with Gasteiger partial charge in [-0.3, -0.25) is 0 Å². The van der Waals surface area contributed by atoms with Crippen LogP contribution in [0.5, 0.6) is 6.01 Å². The van der Waals surface area contributed by atoms with Crippen molar-refractivity contribution in [2.45, 2.75) is 26.3 Å². The fourth-order valence-electron chi connectivity index (χ4n) is 2.04. The molecule has 2 rings (SSSR count).